The summed E-state index contributed by atoms with van der Waals surface area (Å²) in [5.41, 5.74) is 7.73. The quantitative estimate of drug-likeness (QED) is 0.527. The summed E-state index contributed by atoms with van der Waals surface area (Å²) in [5.74, 6) is 0.300. The average Bonchev–Trinajstić information content (AvgIpc) is 3.00. The van der Waals surface area contributed by atoms with Crippen LogP contribution in [0.25, 0.3) is 11.2 Å². The number of nitrogens with zero attached hydrogens (tertiary/aromatic N) is 4. The van der Waals surface area contributed by atoms with Gasteiger partial charge in [0.2, 0.25) is 0 Å². The number of hydrogen-bond acceptors (Lipinski definition) is 8. The molecule has 9 nitrogen and oxygen atoms in total. The van der Waals surface area contributed by atoms with Crippen molar-refractivity contribution in [1.82, 2.24) is 19.5 Å². The Morgan fingerprint density at radius 3 is 2.86 bits per heavy atom. The second kappa shape index (κ2) is 5.53. The molecule has 1 aliphatic rings. The van der Waals surface area contributed by atoms with Crippen molar-refractivity contribution >= 4 is 24.9 Å². The third kappa shape index (κ3) is 2.94. The summed E-state index contributed by atoms with van der Waals surface area (Å²) in [6.45, 7) is 1.83. The van der Waals surface area contributed by atoms with Gasteiger partial charge in [-0.25, -0.2) is 15.0 Å². The lowest BCUT2D eigenvalue weighted by atomic mass is 10.2. The molecule has 118 valence electrons. The first-order valence-corrected chi connectivity index (χ1v) is 8.32. The lowest BCUT2D eigenvalue weighted by Gasteiger charge is -2.41. The van der Waals surface area contributed by atoms with Crippen molar-refractivity contribution in [3.05, 3.63) is 24.3 Å². The highest BCUT2D eigenvalue weighted by molar-refractivity contribution is 7.53. The third-order valence-corrected chi connectivity index (χ3v) is 4.06. The number of rotatable bonds is 4. The SMILES string of the molecule is CC1=C[C@H](n2cnc3c(N)ncnc32)C[C@@H]1OC[P+]([O-])([O-])[O-]. The van der Waals surface area contributed by atoms with E-state index >= 15 is 0 Å². The van der Waals surface area contributed by atoms with E-state index < -0.39 is 20.4 Å². The van der Waals surface area contributed by atoms with Crippen LogP contribution in [0.5, 0.6) is 0 Å². The van der Waals surface area contributed by atoms with Crippen molar-refractivity contribution in [1.29, 1.82) is 0 Å². The largest absolute Gasteiger partial charge is 0.686 e. The second-order valence-corrected chi connectivity index (χ2v) is 6.67. The summed E-state index contributed by atoms with van der Waals surface area (Å²) in [5, 5.41) is 0. The smallest absolute Gasteiger partial charge is 0.165 e. The maximum Gasteiger partial charge on any atom is 0.165 e. The van der Waals surface area contributed by atoms with Crippen LogP contribution in [-0.2, 0) is 4.74 Å². The third-order valence-electron chi connectivity index (χ3n) is 3.60. The van der Waals surface area contributed by atoms with Gasteiger partial charge in [-0.1, -0.05) is 6.08 Å². The summed E-state index contributed by atoms with van der Waals surface area (Å²) >= 11 is 0. The van der Waals surface area contributed by atoms with Crippen LogP contribution < -0.4 is 20.4 Å². The van der Waals surface area contributed by atoms with Crippen molar-refractivity contribution in [2.75, 3.05) is 12.1 Å². The normalized spacial score (nSPS) is 22.3. The van der Waals surface area contributed by atoms with Crippen LogP contribution in [0.1, 0.15) is 19.4 Å². The molecule has 0 fully saturated rings. The molecule has 2 atom stereocenters. The molecule has 2 aromatic heterocycles. The molecule has 0 unspecified atom stereocenters. The van der Waals surface area contributed by atoms with Crippen LogP contribution in [0.3, 0.4) is 0 Å². The topological polar surface area (TPSA) is 148 Å². The zero-order chi connectivity index (χ0) is 15.9. The van der Waals surface area contributed by atoms with E-state index in [1.54, 1.807) is 6.33 Å². The fourth-order valence-corrected chi connectivity index (χ4v) is 2.93. The van der Waals surface area contributed by atoms with Crippen molar-refractivity contribution < 1.29 is 19.4 Å². The summed E-state index contributed by atoms with van der Waals surface area (Å²) in [6, 6.07) is -0.0954. The number of nitrogen functional groups attached to an aromatic ring is 1. The van der Waals surface area contributed by atoms with Gasteiger partial charge in [0, 0.05) is 6.42 Å². The average molecular weight is 323 g/mol. The van der Waals surface area contributed by atoms with E-state index in [9.17, 15) is 14.7 Å². The molecule has 2 N–H and O–H groups in total. The molecular weight excluding hydrogens is 309 g/mol. The Kier molecular flexibility index (Phi) is 3.84. The Morgan fingerprint density at radius 1 is 1.36 bits per heavy atom. The van der Waals surface area contributed by atoms with Crippen LogP contribution in [-0.4, -0.2) is 32.0 Å². The van der Waals surface area contributed by atoms with Gasteiger partial charge >= 0.3 is 0 Å². The summed E-state index contributed by atoms with van der Waals surface area (Å²) in [7, 11) is -4.68. The van der Waals surface area contributed by atoms with Crippen molar-refractivity contribution in [2.45, 2.75) is 25.5 Å². The van der Waals surface area contributed by atoms with Crippen LogP contribution in [0.4, 0.5) is 5.82 Å². The molecule has 22 heavy (non-hydrogen) atoms. The lowest BCUT2D eigenvalue weighted by Crippen LogP contribution is -2.36. The summed E-state index contributed by atoms with van der Waals surface area (Å²) in [4.78, 5) is 44.4. The predicted molar refractivity (Wildman–Crippen MR) is 73.8 cm³/mol. The second-order valence-electron chi connectivity index (χ2n) is 5.19. The fourth-order valence-electron chi connectivity index (χ4n) is 2.57. The Morgan fingerprint density at radius 2 is 2.14 bits per heavy atom. The number of fused-ring (bicyclic) bond motifs is 1. The molecule has 0 aromatic carbocycles. The lowest BCUT2D eigenvalue weighted by molar-refractivity contribution is -0.432. The van der Waals surface area contributed by atoms with Gasteiger partial charge < -0.3 is 29.7 Å². The number of nitrogens with two attached hydrogens (primary N) is 1. The molecule has 0 amide bonds. The molecule has 0 bridgehead atoms. The van der Waals surface area contributed by atoms with Gasteiger partial charge in [0.15, 0.2) is 11.5 Å². The predicted octanol–water partition coefficient (Wildman–Crippen LogP) is -1.51. The van der Waals surface area contributed by atoms with E-state index in [0.717, 1.165) is 5.57 Å². The van der Waals surface area contributed by atoms with Gasteiger partial charge in [0.1, 0.15) is 18.2 Å². The van der Waals surface area contributed by atoms with E-state index in [1.807, 2.05) is 17.6 Å². The Hall–Kier alpha value is -1.64. The van der Waals surface area contributed by atoms with Crippen LogP contribution in [0.2, 0.25) is 0 Å². The molecular formula is C12H14N5O4P-2. The maximum absolute atomic E-state index is 10.7. The number of imidazole rings is 1. The Balaban J connectivity index is 1.80. The molecule has 0 spiro atoms. The highest BCUT2D eigenvalue weighted by Gasteiger charge is 2.27. The maximum atomic E-state index is 10.7. The van der Waals surface area contributed by atoms with E-state index in [2.05, 4.69) is 15.0 Å². The number of anilines is 1. The molecule has 0 saturated heterocycles. The van der Waals surface area contributed by atoms with Crippen LogP contribution >= 0.6 is 7.94 Å². The first-order chi connectivity index (χ1) is 10.3. The van der Waals surface area contributed by atoms with E-state index in [4.69, 9.17) is 10.5 Å². The first kappa shape index (κ1) is 15.3. The first-order valence-electron chi connectivity index (χ1n) is 6.59. The van der Waals surface area contributed by atoms with Gasteiger partial charge in [0.05, 0.1) is 18.5 Å². The standard InChI is InChI=1S/C12H16N5O4P/c1-7-2-8(3-9(7)21-6-22(18,19)20)17-5-16-10-11(13)14-4-15-12(10)17/h2,4-5,8-9H,3,6H2,1H3,(H2,13,14,15)(H2,18,19,20)/p-2/t8-,9-/m0/s1. The molecule has 2 heterocycles. The minimum atomic E-state index is -4.68. The molecule has 0 aliphatic heterocycles. The minimum Gasteiger partial charge on any atom is -0.686 e. The Labute approximate surface area is 126 Å². The van der Waals surface area contributed by atoms with Gasteiger partial charge in [-0.05, 0) is 12.5 Å². The number of aromatic nitrogens is 4. The number of allylic oxidation sites excluding steroid dienone is 1. The Bertz CT molecular complexity index is 726. The molecule has 0 radical (unpaired) electrons. The van der Waals surface area contributed by atoms with Gasteiger partial charge in [-0.2, -0.15) is 0 Å². The number of hydrogen-bond donors (Lipinski definition) is 1. The fraction of sp³-hybridized carbons (Fsp3) is 0.417. The van der Waals surface area contributed by atoms with Crippen molar-refractivity contribution in [3.8, 4) is 0 Å². The van der Waals surface area contributed by atoms with E-state index in [1.165, 1.54) is 6.33 Å². The molecule has 10 heteroatoms. The highest BCUT2D eigenvalue weighted by Crippen LogP contribution is 2.36. The summed E-state index contributed by atoms with van der Waals surface area (Å²) < 4.78 is 7.02. The molecule has 0 saturated carbocycles. The van der Waals surface area contributed by atoms with Gasteiger partial charge in [-0.15, -0.1) is 7.94 Å². The monoisotopic (exact) mass is 323 g/mol. The van der Waals surface area contributed by atoms with Gasteiger partial charge in [-0.3, -0.25) is 0 Å². The molecule has 1 aliphatic carbocycles. The van der Waals surface area contributed by atoms with Gasteiger partial charge in [0.25, 0.3) is 0 Å². The number of ether oxygens (including phenoxy) is 1. The molecule has 2 aromatic rings. The summed E-state index contributed by atoms with van der Waals surface area (Å²) in [6.07, 6.45) is 4.18. The zero-order valence-corrected chi connectivity index (χ0v) is 12.6. The van der Waals surface area contributed by atoms with Crippen LogP contribution in [0, 0.1) is 0 Å². The van der Waals surface area contributed by atoms with Crippen molar-refractivity contribution in [3.63, 3.8) is 0 Å². The zero-order valence-electron chi connectivity index (χ0n) is 11.7. The highest BCUT2D eigenvalue weighted by atomic mass is 31.2. The van der Waals surface area contributed by atoms with Crippen molar-refractivity contribution in [2.24, 2.45) is 0 Å². The minimum absolute atomic E-state index is 0.0954. The van der Waals surface area contributed by atoms with E-state index in [0.29, 0.717) is 23.4 Å². The van der Waals surface area contributed by atoms with Crippen LogP contribution in [0.15, 0.2) is 24.3 Å². The van der Waals surface area contributed by atoms with E-state index in [-0.39, 0.29) is 6.04 Å². The molecule has 3 rings (SSSR count).